The predicted octanol–water partition coefficient (Wildman–Crippen LogP) is 3.37. The number of pyridine rings is 1. The van der Waals surface area contributed by atoms with Crippen molar-refractivity contribution in [3.63, 3.8) is 0 Å². The van der Waals surface area contributed by atoms with Crippen LogP contribution in [0.15, 0.2) is 24.3 Å². The molecule has 144 valence electrons. The summed E-state index contributed by atoms with van der Waals surface area (Å²) in [5.74, 6) is -3.43. The maximum absolute atomic E-state index is 12.6. The highest BCUT2D eigenvalue weighted by atomic mass is 16.4. The van der Waals surface area contributed by atoms with Crippen LogP contribution in [-0.4, -0.2) is 39.5 Å². The summed E-state index contributed by atoms with van der Waals surface area (Å²) in [7, 11) is 0. The van der Waals surface area contributed by atoms with E-state index in [0.717, 1.165) is 47.2 Å². The van der Waals surface area contributed by atoms with Gasteiger partial charge in [0.15, 0.2) is 5.78 Å². The summed E-state index contributed by atoms with van der Waals surface area (Å²) < 4.78 is 0. The second kappa shape index (κ2) is 8.16. The van der Waals surface area contributed by atoms with Crippen LogP contribution in [0.1, 0.15) is 49.7 Å². The van der Waals surface area contributed by atoms with E-state index in [1.54, 1.807) is 0 Å². The molecular formula is C20H24N2O5. The van der Waals surface area contributed by atoms with Crippen molar-refractivity contribution in [3.8, 4) is 0 Å². The molecule has 1 heterocycles. The summed E-state index contributed by atoms with van der Waals surface area (Å²) in [6.45, 7) is 7.29. The first kappa shape index (κ1) is 20.4. The molecule has 0 radical (unpaired) electrons. The molecule has 1 aromatic carbocycles. The minimum atomic E-state index is -1.82. The summed E-state index contributed by atoms with van der Waals surface area (Å²) in [5, 5.41) is 19.3. The number of nitrogens with one attached hydrogen (secondary N) is 1. The monoisotopic (exact) mass is 372 g/mol. The molecule has 3 rings (SSSR count). The number of rotatable bonds is 3. The highest BCUT2D eigenvalue weighted by molar-refractivity contribution is 6.27. The molecule has 0 bridgehead atoms. The van der Waals surface area contributed by atoms with E-state index < -0.39 is 11.9 Å². The molecule has 0 atom stereocenters. The molecule has 7 heteroatoms. The predicted molar refractivity (Wildman–Crippen MR) is 102 cm³/mol. The number of carbonyl (C=O) groups is 3. The number of hydrogen-bond donors (Lipinski definition) is 3. The van der Waals surface area contributed by atoms with Gasteiger partial charge < -0.3 is 15.5 Å². The Morgan fingerprint density at radius 3 is 2.37 bits per heavy atom. The summed E-state index contributed by atoms with van der Waals surface area (Å²) >= 11 is 0. The van der Waals surface area contributed by atoms with Crippen LogP contribution in [0.3, 0.4) is 0 Å². The van der Waals surface area contributed by atoms with Crippen molar-refractivity contribution in [2.75, 3.05) is 11.9 Å². The van der Waals surface area contributed by atoms with Gasteiger partial charge in [-0.15, -0.1) is 0 Å². The average molecular weight is 372 g/mol. The number of benzene rings is 1. The Morgan fingerprint density at radius 1 is 1.15 bits per heavy atom. The lowest BCUT2D eigenvalue weighted by Gasteiger charge is -2.31. The van der Waals surface area contributed by atoms with Gasteiger partial charge in [0.25, 0.3) is 0 Å². The fourth-order valence-corrected chi connectivity index (χ4v) is 3.16. The second-order valence-electron chi connectivity index (χ2n) is 7.30. The quantitative estimate of drug-likeness (QED) is 0.707. The molecule has 0 spiro atoms. The van der Waals surface area contributed by atoms with Gasteiger partial charge in [-0.3, -0.25) is 9.78 Å². The van der Waals surface area contributed by atoms with Crippen molar-refractivity contribution in [3.05, 3.63) is 35.5 Å². The first-order valence-corrected chi connectivity index (χ1v) is 8.81. The van der Waals surface area contributed by atoms with Crippen LogP contribution in [0.4, 0.5) is 5.69 Å². The maximum Gasteiger partial charge on any atom is 0.414 e. The third kappa shape index (κ3) is 4.81. The molecule has 7 nitrogen and oxygen atoms in total. The number of carbonyl (C=O) groups excluding carboxylic acids is 1. The van der Waals surface area contributed by atoms with Crippen molar-refractivity contribution in [2.24, 2.45) is 5.41 Å². The van der Waals surface area contributed by atoms with Gasteiger partial charge in [-0.2, -0.15) is 0 Å². The van der Waals surface area contributed by atoms with E-state index in [9.17, 15) is 4.79 Å². The van der Waals surface area contributed by atoms with Gasteiger partial charge in [0.1, 0.15) is 0 Å². The van der Waals surface area contributed by atoms with Crippen LogP contribution in [0, 0.1) is 5.41 Å². The first-order chi connectivity index (χ1) is 12.7. The van der Waals surface area contributed by atoms with Gasteiger partial charge in [-0.05, 0) is 24.3 Å². The van der Waals surface area contributed by atoms with Crippen LogP contribution >= 0.6 is 0 Å². The van der Waals surface area contributed by atoms with Crippen LogP contribution < -0.4 is 5.32 Å². The number of fused-ring (bicyclic) bond motifs is 2. The Labute approximate surface area is 157 Å². The minimum absolute atomic E-state index is 0.00155. The van der Waals surface area contributed by atoms with Crippen LogP contribution in [-0.2, 0) is 16.0 Å². The van der Waals surface area contributed by atoms with E-state index in [1.807, 2.05) is 24.3 Å². The number of para-hydroxylation sites is 1. The summed E-state index contributed by atoms with van der Waals surface area (Å²) in [4.78, 5) is 35.6. The molecule has 1 aromatic heterocycles. The molecule has 0 saturated heterocycles. The zero-order valence-corrected chi connectivity index (χ0v) is 15.7. The summed E-state index contributed by atoms with van der Waals surface area (Å²) in [5.41, 5.74) is 3.73. The third-order valence-electron chi connectivity index (χ3n) is 4.27. The molecule has 0 amide bonds. The van der Waals surface area contributed by atoms with Crippen molar-refractivity contribution in [2.45, 2.75) is 40.0 Å². The van der Waals surface area contributed by atoms with E-state index in [1.165, 1.54) is 0 Å². The SMILES string of the molecule is CCCNc1c2c(nc3ccccc13)CC(C)(C)CC2=O.O=C(O)C(=O)O. The maximum atomic E-state index is 12.6. The molecule has 0 fully saturated rings. The number of nitrogens with zero attached hydrogens (tertiary/aromatic N) is 1. The highest BCUT2D eigenvalue weighted by Gasteiger charge is 2.34. The number of carboxylic acids is 2. The van der Waals surface area contributed by atoms with E-state index in [0.29, 0.717) is 6.42 Å². The van der Waals surface area contributed by atoms with Crippen LogP contribution in [0.2, 0.25) is 0 Å². The lowest BCUT2D eigenvalue weighted by molar-refractivity contribution is -0.159. The summed E-state index contributed by atoms with van der Waals surface area (Å²) in [6.07, 6.45) is 2.49. The van der Waals surface area contributed by atoms with Crippen molar-refractivity contribution in [1.82, 2.24) is 4.98 Å². The number of carboxylic acid groups (broad SMARTS) is 2. The molecule has 0 unspecified atom stereocenters. The van der Waals surface area contributed by atoms with Gasteiger partial charge >= 0.3 is 11.9 Å². The summed E-state index contributed by atoms with van der Waals surface area (Å²) in [6, 6.07) is 8.08. The Morgan fingerprint density at radius 2 is 1.78 bits per heavy atom. The van der Waals surface area contributed by atoms with E-state index in [4.69, 9.17) is 24.8 Å². The topological polar surface area (TPSA) is 117 Å². The average Bonchev–Trinajstić information content (AvgIpc) is 2.58. The van der Waals surface area contributed by atoms with E-state index in [2.05, 4.69) is 26.1 Å². The number of ketones is 1. The standard InChI is InChI=1S/C18H22N2O.C2H2O4/c1-4-9-19-17-12-7-5-6-8-13(12)20-14-10-18(2,3)11-15(21)16(14)17;3-1(4)2(5)6/h5-8H,4,9-11H2,1-3H3,(H,19,20);(H,3,4)(H,5,6). The number of hydrogen-bond acceptors (Lipinski definition) is 5. The molecule has 1 aliphatic carbocycles. The van der Waals surface area contributed by atoms with Gasteiger partial charge in [0.2, 0.25) is 0 Å². The van der Waals surface area contributed by atoms with Crippen molar-refractivity contribution in [1.29, 1.82) is 0 Å². The Hall–Kier alpha value is -2.96. The minimum Gasteiger partial charge on any atom is -0.473 e. The van der Waals surface area contributed by atoms with E-state index in [-0.39, 0.29) is 11.2 Å². The number of Topliss-reactive ketones (excluding diaryl/α,β-unsaturated/α-hetero) is 1. The first-order valence-electron chi connectivity index (χ1n) is 8.81. The zero-order valence-electron chi connectivity index (χ0n) is 15.7. The van der Waals surface area contributed by atoms with Crippen LogP contribution in [0.25, 0.3) is 10.9 Å². The Bertz CT molecular complexity index is 877. The van der Waals surface area contributed by atoms with Crippen LogP contribution in [0.5, 0.6) is 0 Å². The van der Waals surface area contributed by atoms with Crippen molar-refractivity contribution >= 4 is 34.3 Å². The lowest BCUT2D eigenvalue weighted by Crippen LogP contribution is -2.29. The fraction of sp³-hybridized carbons (Fsp3) is 0.400. The van der Waals surface area contributed by atoms with Gasteiger partial charge in [-0.1, -0.05) is 39.0 Å². The molecule has 0 aliphatic heterocycles. The third-order valence-corrected chi connectivity index (χ3v) is 4.27. The molecule has 3 N–H and O–H groups in total. The fourth-order valence-electron chi connectivity index (χ4n) is 3.16. The normalized spacial score (nSPS) is 14.7. The molecule has 0 saturated carbocycles. The molecule has 27 heavy (non-hydrogen) atoms. The van der Waals surface area contributed by atoms with Crippen molar-refractivity contribution < 1.29 is 24.6 Å². The highest BCUT2D eigenvalue weighted by Crippen LogP contribution is 2.39. The van der Waals surface area contributed by atoms with Gasteiger partial charge in [0.05, 0.1) is 22.5 Å². The molecule has 2 aromatic rings. The van der Waals surface area contributed by atoms with Gasteiger partial charge in [0, 0.05) is 18.4 Å². The smallest absolute Gasteiger partial charge is 0.414 e. The molecular weight excluding hydrogens is 348 g/mol. The largest absolute Gasteiger partial charge is 0.473 e. The number of aromatic nitrogens is 1. The number of anilines is 1. The lowest BCUT2D eigenvalue weighted by atomic mass is 9.75. The van der Waals surface area contributed by atoms with E-state index >= 15 is 0 Å². The Kier molecular flexibility index (Phi) is 6.15. The molecule has 1 aliphatic rings. The second-order valence-corrected chi connectivity index (χ2v) is 7.30. The Balaban J connectivity index is 0.000000380. The number of aliphatic carboxylic acids is 2. The van der Waals surface area contributed by atoms with Gasteiger partial charge in [-0.25, -0.2) is 9.59 Å². The zero-order chi connectivity index (χ0) is 20.2.